The van der Waals surface area contributed by atoms with Gasteiger partial charge in [0.2, 0.25) is 0 Å². The van der Waals surface area contributed by atoms with E-state index in [-0.39, 0.29) is 0 Å². The van der Waals surface area contributed by atoms with Gasteiger partial charge >= 0.3 is 0 Å². The average molecular weight is 211 g/mol. The highest BCUT2D eigenvalue weighted by atomic mass is 32.2. The Labute approximate surface area is 90.2 Å². The molecule has 0 atom stereocenters. The molecule has 0 unspecified atom stereocenters. The van der Waals surface area contributed by atoms with Crippen LogP contribution in [-0.2, 0) is 0 Å². The van der Waals surface area contributed by atoms with E-state index in [0.717, 1.165) is 17.2 Å². The van der Waals surface area contributed by atoms with E-state index in [9.17, 15) is 0 Å². The molecule has 0 saturated carbocycles. The molecule has 0 aliphatic carbocycles. The third kappa shape index (κ3) is 2.84. The highest BCUT2D eigenvalue weighted by Gasteiger charge is 2.02. The van der Waals surface area contributed by atoms with E-state index < -0.39 is 0 Å². The number of anilines is 1. The van der Waals surface area contributed by atoms with Gasteiger partial charge in [-0.05, 0) is 25.5 Å². The number of benzene rings is 1. The second-order valence-corrected chi connectivity index (χ2v) is 3.98. The lowest BCUT2D eigenvalue weighted by Crippen LogP contribution is -1.94. The molecule has 2 nitrogen and oxygen atoms in total. The molecule has 0 radical (unpaired) electrons. The fraction of sp³-hybridized carbons (Fsp3) is 0.455. The maximum Gasteiger partial charge on any atom is 0.123 e. The third-order valence-electron chi connectivity index (χ3n) is 1.99. The van der Waals surface area contributed by atoms with E-state index in [0.29, 0.717) is 0 Å². The van der Waals surface area contributed by atoms with Gasteiger partial charge in [-0.2, -0.15) is 0 Å². The maximum atomic E-state index is 5.24. The van der Waals surface area contributed by atoms with Crippen molar-refractivity contribution < 1.29 is 4.74 Å². The molecule has 0 amide bonds. The van der Waals surface area contributed by atoms with Crippen LogP contribution in [0.2, 0.25) is 0 Å². The number of nitrogens with one attached hydrogen (secondary N) is 1. The lowest BCUT2D eigenvalue weighted by atomic mass is 10.2. The standard InChI is InChI=1S/C11H17NOS/c1-4-8-14-12-10-6-5-7-11(13-3)9(10)2/h5-7,12H,4,8H2,1-3H3. The Morgan fingerprint density at radius 3 is 2.86 bits per heavy atom. The van der Waals surface area contributed by atoms with Crippen LogP contribution in [0.15, 0.2) is 18.2 Å². The number of hydrogen-bond donors (Lipinski definition) is 1. The first kappa shape index (κ1) is 11.2. The Balaban J connectivity index is 2.66. The molecule has 1 rings (SSSR count). The summed E-state index contributed by atoms with van der Waals surface area (Å²) in [5.74, 6) is 2.06. The van der Waals surface area contributed by atoms with Crippen LogP contribution < -0.4 is 9.46 Å². The zero-order chi connectivity index (χ0) is 10.4. The van der Waals surface area contributed by atoms with Gasteiger partial charge in [0, 0.05) is 11.3 Å². The van der Waals surface area contributed by atoms with Crippen molar-refractivity contribution in [1.29, 1.82) is 0 Å². The first-order chi connectivity index (χ1) is 6.79. The van der Waals surface area contributed by atoms with Crippen LogP contribution in [0.5, 0.6) is 5.75 Å². The summed E-state index contributed by atoms with van der Waals surface area (Å²) < 4.78 is 8.57. The summed E-state index contributed by atoms with van der Waals surface area (Å²) >= 11 is 1.73. The minimum absolute atomic E-state index is 0.937. The summed E-state index contributed by atoms with van der Waals surface area (Å²) in [5.41, 5.74) is 2.31. The van der Waals surface area contributed by atoms with Crippen molar-refractivity contribution in [1.82, 2.24) is 0 Å². The average Bonchev–Trinajstić information content (AvgIpc) is 2.21. The van der Waals surface area contributed by atoms with Crippen molar-refractivity contribution in [2.75, 3.05) is 17.6 Å². The molecule has 0 spiro atoms. The lowest BCUT2D eigenvalue weighted by Gasteiger charge is -2.11. The maximum absolute atomic E-state index is 5.24. The van der Waals surface area contributed by atoms with Crippen LogP contribution in [-0.4, -0.2) is 12.9 Å². The molecular weight excluding hydrogens is 194 g/mol. The van der Waals surface area contributed by atoms with Crippen molar-refractivity contribution in [3.8, 4) is 5.75 Å². The Morgan fingerprint density at radius 2 is 2.21 bits per heavy atom. The zero-order valence-corrected chi connectivity index (χ0v) is 9.78. The van der Waals surface area contributed by atoms with E-state index in [4.69, 9.17) is 4.74 Å². The highest BCUT2D eigenvalue weighted by Crippen LogP contribution is 2.26. The molecule has 0 heterocycles. The normalized spacial score (nSPS) is 9.93. The minimum Gasteiger partial charge on any atom is -0.496 e. The number of ether oxygens (including phenoxy) is 1. The van der Waals surface area contributed by atoms with Crippen LogP contribution in [0.3, 0.4) is 0 Å². The highest BCUT2D eigenvalue weighted by molar-refractivity contribution is 8.00. The molecule has 1 N–H and O–H groups in total. The van der Waals surface area contributed by atoms with E-state index >= 15 is 0 Å². The molecule has 0 bridgehead atoms. The number of methoxy groups -OCH3 is 1. The summed E-state index contributed by atoms with van der Waals surface area (Å²) in [5, 5.41) is 0. The molecule has 3 heteroatoms. The summed E-state index contributed by atoms with van der Waals surface area (Å²) in [4.78, 5) is 0. The van der Waals surface area contributed by atoms with Gasteiger partial charge in [-0.25, -0.2) is 0 Å². The van der Waals surface area contributed by atoms with Crippen molar-refractivity contribution in [3.63, 3.8) is 0 Å². The number of rotatable bonds is 5. The Hall–Kier alpha value is -0.830. The molecule has 0 saturated heterocycles. The molecule has 78 valence electrons. The van der Waals surface area contributed by atoms with Gasteiger partial charge in [-0.3, -0.25) is 0 Å². The van der Waals surface area contributed by atoms with E-state index in [1.54, 1.807) is 19.1 Å². The molecule has 1 aromatic rings. The quantitative estimate of drug-likeness (QED) is 0.595. The monoisotopic (exact) mass is 211 g/mol. The van der Waals surface area contributed by atoms with Gasteiger partial charge in [0.1, 0.15) is 5.75 Å². The van der Waals surface area contributed by atoms with Crippen molar-refractivity contribution in [2.24, 2.45) is 0 Å². The van der Waals surface area contributed by atoms with E-state index in [1.165, 1.54) is 12.0 Å². The molecule has 0 aromatic heterocycles. The third-order valence-corrected chi connectivity index (χ3v) is 2.97. The SMILES string of the molecule is CCCSNc1cccc(OC)c1C. The van der Waals surface area contributed by atoms with Crippen molar-refractivity contribution >= 4 is 17.6 Å². The number of hydrogen-bond acceptors (Lipinski definition) is 3. The first-order valence-corrected chi connectivity index (χ1v) is 5.79. The van der Waals surface area contributed by atoms with Crippen LogP contribution in [0.1, 0.15) is 18.9 Å². The summed E-state index contributed by atoms with van der Waals surface area (Å²) in [6.07, 6.45) is 1.18. The van der Waals surface area contributed by atoms with Gasteiger partial charge in [-0.1, -0.05) is 24.9 Å². The predicted molar refractivity (Wildman–Crippen MR) is 64.1 cm³/mol. The Bertz CT molecular complexity index is 289. The second-order valence-electron chi connectivity index (χ2n) is 3.08. The molecule has 0 aliphatic rings. The Kier molecular flexibility index (Phi) is 4.66. The Morgan fingerprint density at radius 1 is 1.43 bits per heavy atom. The van der Waals surface area contributed by atoms with Gasteiger partial charge in [0.15, 0.2) is 0 Å². The summed E-state index contributed by atoms with van der Waals surface area (Å²) in [6, 6.07) is 6.05. The topological polar surface area (TPSA) is 21.3 Å². The van der Waals surface area contributed by atoms with Gasteiger partial charge in [0.25, 0.3) is 0 Å². The molecule has 0 fully saturated rings. The van der Waals surface area contributed by atoms with Crippen LogP contribution >= 0.6 is 11.9 Å². The summed E-state index contributed by atoms with van der Waals surface area (Å²) in [6.45, 7) is 4.24. The second kappa shape index (κ2) is 5.81. The lowest BCUT2D eigenvalue weighted by molar-refractivity contribution is 0.412. The van der Waals surface area contributed by atoms with E-state index in [2.05, 4.69) is 24.6 Å². The van der Waals surface area contributed by atoms with Crippen LogP contribution in [0, 0.1) is 6.92 Å². The molecule has 14 heavy (non-hydrogen) atoms. The molecule has 1 aromatic carbocycles. The fourth-order valence-electron chi connectivity index (χ4n) is 1.18. The van der Waals surface area contributed by atoms with Crippen LogP contribution in [0.4, 0.5) is 5.69 Å². The summed E-state index contributed by atoms with van der Waals surface area (Å²) in [7, 11) is 1.70. The fourth-order valence-corrected chi connectivity index (χ4v) is 1.86. The van der Waals surface area contributed by atoms with Gasteiger partial charge in [0.05, 0.1) is 12.8 Å². The smallest absolute Gasteiger partial charge is 0.123 e. The zero-order valence-electron chi connectivity index (χ0n) is 8.96. The van der Waals surface area contributed by atoms with Crippen LogP contribution in [0.25, 0.3) is 0 Å². The molecule has 0 aliphatic heterocycles. The largest absolute Gasteiger partial charge is 0.496 e. The van der Waals surface area contributed by atoms with Crippen molar-refractivity contribution in [3.05, 3.63) is 23.8 Å². The molecular formula is C11H17NOS. The van der Waals surface area contributed by atoms with Gasteiger partial charge < -0.3 is 9.46 Å². The van der Waals surface area contributed by atoms with Gasteiger partial charge in [-0.15, -0.1) is 0 Å². The minimum atomic E-state index is 0.937. The first-order valence-electron chi connectivity index (χ1n) is 4.81. The van der Waals surface area contributed by atoms with Crippen molar-refractivity contribution in [2.45, 2.75) is 20.3 Å². The van der Waals surface area contributed by atoms with E-state index in [1.807, 2.05) is 12.1 Å². The predicted octanol–water partition coefficient (Wildman–Crippen LogP) is 3.47.